The Bertz CT molecular complexity index is 365. The average Bonchev–Trinajstić information content (AvgIpc) is 2.55. The lowest BCUT2D eigenvalue weighted by Crippen LogP contribution is -2.32. The molecule has 3 N–H and O–H groups in total. The fourth-order valence-electron chi connectivity index (χ4n) is 1.29. The molecule has 16 heavy (non-hydrogen) atoms. The highest BCUT2D eigenvalue weighted by Gasteiger charge is 2.14. The van der Waals surface area contributed by atoms with Gasteiger partial charge in [-0.05, 0) is 20.8 Å². The van der Waals surface area contributed by atoms with Crippen molar-refractivity contribution < 1.29 is 9.53 Å². The lowest BCUT2D eigenvalue weighted by molar-refractivity contribution is 0.0696. The number of carbonyl (C=O) groups is 1. The summed E-state index contributed by atoms with van der Waals surface area (Å²) in [5.74, 6) is -0.141. The van der Waals surface area contributed by atoms with Gasteiger partial charge in [0.05, 0.1) is 11.8 Å². The van der Waals surface area contributed by atoms with E-state index in [9.17, 15) is 4.79 Å². The maximum absolute atomic E-state index is 11.7. The molecule has 0 saturated heterocycles. The summed E-state index contributed by atoms with van der Waals surface area (Å²) in [5, 5.41) is 3.21. The van der Waals surface area contributed by atoms with Crippen molar-refractivity contribution in [3.8, 4) is 0 Å². The maximum Gasteiger partial charge on any atom is 0.263 e. The molecular formula is C10H17N3O2S. The number of aromatic nitrogens is 1. The second-order valence-corrected chi connectivity index (χ2v) is 4.47. The van der Waals surface area contributed by atoms with E-state index >= 15 is 0 Å². The summed E-state index contributed by atoms with van der Waals surface area (Å²) in [6, 6.07) is 0. The highest BCUT2D eigenvalue weighted by Crippen LogP contribution is 2.19. The Hall–Kier alpha value is -1.14. The number of aryl methyl sites for hydroxylation is 1. The number of anilines is 1. The molecule has 90 valence electrons. The van der Waals surface area contributed by atoms with Crippen molar-refractivity contribution in [3.05, 3.63) is 10.6 Å². The molecule has 1 amide bonds. The van der Waals surface area contributed by atoms with Crippen molar-refractivity contribution in [2.24, 2.45) is 0 Å². The summed E-state index contributed by atoms with van der Waals surface area (Å²) in [6.07, 6.45) is 0.0134. The van der Waals surface area contributed by atoms with Gasteiger partial charge in [-0.25, -0.2) is 4.98 Å². The number of ether oxygens (including phenoxy) is 1. The van der Waals surface area contributed by atoms with Gasteiger partial charge < -0.3 is 15.8 Å². The van der Waals surface area contributed by atoms with Crippen molar-refractivity contribution in [1.29, 1.82) is 0 Å². The van der Waals surface area contributed by atoms with Crippen LogP contribution in [0, 0.1) is 6.92 Å². The van der Waals surface area contributed by atoms with Gasteiger partial charge in [0.1, 0.15) is 4.88 Å². The number of nitrogens with two attached hydrogens (primary N) is 1. The second kappa shape index (κ2) is 5.81. The van der Waals surface area contributed by atoms with Crippen LogP contribution in [0.1, 0.15) is 29.2 Å². The zero-order valence-corrected chi connectivity index (χ0v) is 10.6. The van der Waals surface area contributed by atoms with Gasteiger partial charge in [-0.2, -0.15) is 0 Å². The zero-order chi connectivity index (χ0) is 12.1. The summed E-state index contributed by atoms with van der Waals surface area (Å²) in [6.45, 7) is 6.74. The SMILES string of the molecule is CCOC(C)CNC(=O)c1sc(N)nc1C. The Labute approximate surface area is 99.0 Å². The van der Waals surface area contributed by atoms with E-state index in [1.54, 1.807) is 6.92 Å². The Morgan fingerprint density at radius 2 is 2.38 bits per heavy atom. The molecule has 0 aliphatic rings. The fourth-order valence-corrected chi connectivity index (χ4v) is 2.04. The van der Waals surface area contributed by atoms with Crippen LogP contribution in [-0.4, -0.2) is 30.1 Å². The van der Waals surface area contributed by atoms with E-state index in [4.69, 9.17) is 10.5 Å². The smallest absolute Gasteiger partial charge is 0.263 e. The van der Waals surface area contributed by atoms with Gasteiger partial charge in [0.2, 0.25) is 0 Å². The number of amides is 1. The van der Waals surface area contributed by atoms with Crippen LogP contribution in [0.25, 0.3) is 0 Å². The molecule has 1 unspecified atom stereocenters. The van der Waals surface area contributed by atoms with E-state index < -0.39 is 0 Å². The molecule has 0 saturated carbocycles. The Morgan fingerprint density at radius 1 is 1.69 bits per heavy atom. The number of carbonyl (C=O) groups excluding carboxylic acids is 1. The normalized spacial score (nSPS) is 12.4. The number of hydrogen-bond acceptors (Lipinski definition) is 5. The quantitative estimate of drug-likeness (QED) is 0.814. The molecule has 1 aromatic rings. The molecule has 5 nitrogen and oxygen atoms in total. The summed E-state index contributed by atoms with van der Waals surface area (Å²) >= 11 is 1.20. The molecule has 0 aliphatic carbocycles. The maximum atomic E-state index is 11.7. The van der Waals surface area contributed by atoms with E-state index in [-0.39, 0.29) is 12.0 Å². The number of nitrogens with zero attached hydrogens (tertiary/aromatic N) is 1. The number of nitrogen functional groups attached to an aromatic ring is 1. The van der Waals surface area contributed by atoms with Crippen LogP contribution in [0.5, 0.6) is 0 Å². The van der Waals surface area contributed by atoms with Gasteiger partial charge >= 0.3 is 0 Å². The molecule has 0 aromatic carbocycles. The molecule has 0 aliphatic heterocycles. The first-order chi connectivity index (χ1) is 7.54. The van der Waals surface area contributed by atoms with E-state index in [2.05, 4.69) is 10.3 Å². The molecule has 1 aromatic heterocycles. The lowest BCUT2D eigenvalue weighted by Gasteiger charge is -2.11. The Kier molecular flexibility index (Phi) is 4.70. The second-order valence-electron chi connectivity index (χ2n) is 3.44. The van der Waals surface area contributed by atoms with Crippen molar-refractivity contribution in [1.82, 2.24) is 10.3 Å². The highest BCUT2D eigenvalue weighted by atomic mass is 32.1. The molecule has 0 fully saturated rings. The van der Waals surface area contributed by atoms with Crippen LogP contribution in [0.4, 0.5) is 5.13 Å². The highest BCUT2D eigenvalue weighted by molar-refractivity contribution is 7.17. The van der Waals surface area contributed by atoms with Crippen LogP contribution in [0.3, 0.4) is 0 Å². The minimum Gasteiger partial charge on any atom is -0.377 e. The third-order valence-corrected chi connectivity index (χ3v) is 3.01. The Balaban J connectivity index is 2.50. The van der Waals surface area contributed by atoms with E-state index in [0.29, 0.717) is 28.9 Å². The minimum absolute atomic E-state index is 0.0134. The van der Waals surface area contributed by atoms with Crippen LogP contribution >= 0.6 is 11.3 Å². The number of nitrogens with one attached hydrogen (secondary N) is 1. The zero-order valence-electron chi connectivity index (χ0n) is 9.74. The third-order valence-electron chi connectivity index (χ3n) is 2.02. The number of hydrogen-bond donors (Lipinski definition) is 2. The van der Waals surface area contributed by atoms with Gasteiger partial charge in [0.15, 0.2) is 5.13 Å². The van der Waals surface area contributed by atoms with Gasteiger partial charge in [-0.15, -0.1) is 0 Å². The van der Waals surface area contributed by atoms with E-state index in [0.717, 1.165) is 0 Å². The summed E-state index contributed by atoms with van der Waals surface area (Å²) in [4.78, 5) is 16.3. The predicted octanol–water partition coefficient (Wildman–Crippen LogP) is 1.19. The van der Waals surface area contributed by atoms with Crippen molar-refractivity contribution in [3.63, 3.8) is 0 Å². The molecule has 1 rings (SSSR count). The van der Waals surface area contributed by atoms with E-state index in [1.807, 2.05) is 13.8 Å². The number of thiazole rings is 1. The van der Waals surface area contributed by atoms with Gasteiger partial charge in [-0.3, -0.25) is 4.79 Å². The standard InChI is InChI=1S/C10H17N3O2S/c1-4-15-6(2)5-12-9(14)8-7(3)13-10(11)16-8/h6H,4-5H2,1-3H3,(H2,11,13)(H,12,14). The van der Waals surface area contributed by atoms with Crippen LogP contribution in [0.15, 0.2) is 0 Å². The first kappa shape index (κ1) is 12.9. The van der Waals surface area contributed by atoms with Gasteiger partial charge in [-0.1, -0.05) is 11.3 Å². The monoisotopic (exact) mass is 243 g/mol. The van der Waals surface area contributed by atoms with Crippen molar-refractivity contribution in [2.45, 2.75) is 26.9 Å². The summed E-state index contributed by atoms with van der Waals surface area (Å²) in [5.41, 5.74) is 6.19. The summed E-state index contributed by atoms with van der Waals surface area (Å²) < 4.78 is 5.31. The topological polar surface area (TPSA) is 77.2 Å². The number of rotatable bonds is 5. The third kappa shape index (κ3) is 3.46. The molecular weight excluding hydrogens is 226 g/mol. The molecule has 0 spiro atoms. The van der Waals surface area contributed by atoms with E-state index in [1.165, 1.54) is 11.3 Å². The largest absolute Gasteiger partial charge is 0.377 e. The minimum atomic E-state index is -0.141. The van der Waals surface area contributed by atoms with Crippen LogP contribution in [0.2, 0.25) is 0 Å². The first-order valence-corrected chi connectivity index (χ1v) is 5.99. The molecule has 6 heteroatoms. The van der Waals surface area contributed by atoms with Crippen LogP contribution in [-0.2, 0) is 4.74 Å². The predicted molar refractivity (Wildman–Crippen MR) is 64.7 cm³/mol. The fraction of sp³-hybridized carbons (Fsp3) is 0.600. The van der Waals surface area contributed by atoms with Gasteiger partial charge in [0.25, 0.3) is 5.91 Å². The molecule has 1 heterocycles. The van der Waals surface area contributed by atoms with Gasteiger partial charge in [0, 0.05) is 13.2 Å². The Morgan fingerprint density at radius 3 is 2.88 bits per heavy atom. The van der Waals surface area contributed by atoms with Crippen molar-refractivity contribution in [2.75, 3.05) is 18.9 Å². The van der Waals surface area contributed by atoms with Crippen molar-refractivity contribution >= 4 is 22.4 Å². The molecule has 0 radical (unpaired) electrons. The lowest BCUT2D eigenvalue weighted by atomic mass is 10.3. The molecule has 0 bridgehead atoms. The summed E-state index contributed by atoms with van der Waals surface area (Å²) in [7, 11) is 0. The molecule has 1 atom stereocenters. The first-order valence-electron chi connectivity index (χ1n) is 5.17. The van der Waals surface area contributed by atoms with Crippen LogP contribution < -0.4 is 11.1 Å². The average molecular weight is 243 g/mol.